The van der Waals surface area contributed by atoms with Crippen LogP contribution in [0.1, 0.15) is 19.8 Å². The lowest BCUT2D eigenvalue weighted by molar-refractivity contribution is -0.124. The number of hydrogen-bond donors (Lipinski definition) is 2. The van der Waals surface area contributed by atoms with Crippen LogP contribution in [0.4, 0.5) is 0 Å². The van der Waals surface area contributed by atoms with Crippen molar-refractivity contribution in [3.8, 4) is 0 Å². The third-order valence-electron chi connectivity index (χ3n) is 4.10. The number of rotatable bonds is 3. The Kier molecular flexibility index (Phi) is 4.27. The molecule has 18 heavy (non-hydrogen) atoms. The van der Waals surface area contributed by atoms with Crippen LogP contribution in [0.3, 0.4) is 0 Å². The molecular weight excluding hydrogens is 252 g/mol. The SMILES string of the molecule is CC1CNCCC1CNC(=O)C1CCS(=O)(=O)C1. The van der Waals surface area contributed by atoms with Gasteiger partial charge in [-0.25, -0.2) is 8.42 Å². The van der Waals surface area contributed by atoms with Crippen molar-refractivity contribution < 1.29 is 13.2 Å². The monoisotopic (exact) mass is 274 g/mol. The van der Waals surface area contributed by atoms with Gasteiger partial charge >= 0.3 is 0 Å². The molecule has 2 saturated heterocycles. The van der Waals surface area contributed by atoms with E-state index < -0.39 is 9.84 Å². The van der Waals surface area contributed by atoms with Gasteiger partial charge in [0, 0.05) is 6.54 Å². The minimum atomic E-state index is -2.97. The van der Waals surface area contributed by atoms with Crippen molar-refractivity contribution in [3.63, 3.8) is 0 Å². The van der Waals surface area contributed by atoms with Gasteiger partial charge in [-0.1, -0.05) is 6.92 Å². The van der Waals surface area contributed by atoms with E-state index in [1.165, 1.54) is 0 Å². The molecule has 0 aromatic rings. The molecule has 0 aromatic carbocycles. The van der Waals surface area contributed by atoms with Crippen LogP contribution in [0.5, 0.6) is 0 Å². The first kappa shape index (κ1) is 13.8. The number of sulfone groups is 1. The van der Waals surface area contributed by atoms with Crippen LogP contribution >= 0.6 is 0 Å². The molecule has 2 aliphatic rings. The second-order valence-electron chi connectivity index (χ2n) is 5.58. The first-order valence-electron chi connectivity index (χ1n) is 6.67. The van der Waals surface area contributed by atoms with Crippen molar-refractivity contribution in [1.82, 2.24) is 10.6 Å². The highest BCUT2D eigenvalue weighted by atomic mass is 32.2. The van der Waals surface area contributed by atoms with Crippen molar-refractivity contribution in [2.45, 2.75) is 19.8 Å². The summed E-state index contributed by atoms with van der Waals surface area (Å²) in [7, 11) is -2.97. The molecule has 2 fully saturated rings. The van der Waals surface area contributed by atoms with E-state index in [9.17, 15) is 13.2 Å². The molecule has 0 saturated carbocycles. The first-order valence-corrected chi connectivity index (χ1v) is 8.49. The molecule has 0 spiro atoms. The summed E-state index contributed by atoms with van der Waals surface area (Å²) >= 11 is 0. The Morgan fingerprint density at radius 3 is 2.78 bits per heavy atom. The fourth-order valence-corrected chi connectivity index (χ4v) is 4.49. The average Bonchev–Trinajstić information content (AvgIpc) is 2.68. The molecule has 0 aromatic heterocycles. The fourth-order valence-electron chi connectivity index (χ4n) is 2.75. The van der Waals surface area contributed by atoms with Crippen molar-refractivity contribution >= 4 is 15.7 Å². The van der Waals surface area contributed by atoms with E-state index in [0.29, 0.717) is 24.8 Å². The fraction of sp³-hybridized carbons (Fsp3) is 0.917. The Hall–Kier alpha value is -0.620. The predicted molar refractivity (Wildman–Crippen MR) is 69.9 cm³/mol. The van der Waals surface area contributed by atoms with E-state index in [1.54, 1.807) is 0 Å². The highest BCUT2D eigenvalue weighted by molar-refractivity contribution is 7.91. The maximum Gasteiger partial charge on any atom is 0.224 e. The van der Waals surface area contributed by atoms with Crippen LogP contribution in [0, 0.1) is 17.8 Å². The largest absolute Gasteiger partial charge is 0.356 e. The zero-order valence-electron chi connectivity index (χ0n) is 10.8. The Labute approximate surface area is 109 Å². The normalized spacial score (nSPS) is 35.3. The molecule has 2 rings (SSSR count). The Morgan fingerprint density at radius 1 is 1.39 bits per heavy atom. The molecule has 0 aliphatic carbocycles. The minimum absolute atomic E-state index is 0.0284. The maximum absolute atomic E-state index is 11.9. The molecule has 6 heteroatoms. The molecule has 0 bridgehead atoms. The van der Waals surface area contributed by atoms with E-state index >= 15 is 0 Å². The summed E-state index contributed by atoms with van der Waals surface area (Å²) in [6, 6.07) is 0. The number of piperidine rings is 1. The molecule has 2 aliphatic heterocycles. The summed E-state index contributed by atoms with van der Waals surface area (Å²) in [6.07, 6.45) is 1.56. The smallest absolute Gasteiger partial charge is 0.224 e. The standard InChI is InChI=1S/C12H22N2O3S/c1-9-6-13-4-2-10(9)7-14-12(15)11-3-5-18(16,17)8-11/h9-11,13H,2-8H2,1H3,(H,14,15). The van der Waals surface area contributed by atoms with Crippen LogP contribution < -0.4 is 10.6 Å². The van der Waals surface area contributed by atoms with Crippen molar-refractivity contribution in [3.05, 3.63) is 0 Å². The van der Waals surface area contributed by atoms with Crippen LogP contribution in [-0.2, 0) is 14.6 Å². The predicted octanol–water partition coefficient (Wildman–Crippen LogP) is -0.217. The molecule has 5 nitrogen and oxygen atoms in total. The Balaban J connectivity index is 1.78. The number of carbonyl (C=O) groups excluding carboxylic acids is 1. The van der Waals surface area contributed by atoms with Crippen LogP contribution in [-0.4, -0.2) is 45.5 Å². The number of hydrogen-bond acceptors (Lipinski definition) is 4. The molecular formula is C12H22N2O3S. The summed E-state index contributed by atoms with van der Waals surface area (Å²) in [5.74, 6) is 0.850. The number of amides is 1. The molecule has 3 atom stereocenters. The van der Waals surface area contributed by atoms with Gasteiger partial charge in [0.25, 0.3) is 0 Å². The Bertz CT molecular complexity index is 408. The summed E-state index contributed by atoms with van der Waals surface area (Å²) in [4.78, 5) is 11.9. The molecule has 0 radical (unpaired) electrons. The van der Waals surface area contributed by atoms with Crippen molar-refractivity contribution in [1.29, 1.82) is 0 Å². The molecule has 3 unspecified atom stereocenters. The van der Waals surface area contributed by atoms with Gasteiger partial charge in [-0.05, 0) is 37.8 Å². The third-order valence-corrected chi connectivity index (χ3v) is 5.87. The summed E-state index contributed by atoms with van der Waals surface area (Å²) in [6.45, 7) is 4.86. The highest BCUT2D eigenvalue weighted by Crippen LogP contribution is 2.20. The first-order chi connectivity index (χ1) is 8.48. The zero-order chi connectivity index (χ0) is 13.2. The van der Waals surface area contributed by atoms with Crippen LogP contribution in [0.2, 0.25) is 0 Å². The maximum atomic E-state index is 11.9. The second-order valence-corrected chi connectivity index (χ2v) is 7.80. The van der Waals surface area contributed by atoms with E-state index in [-0.39, 0.29) is 23.3 Å². The molecule has 2 N–H and O–H groups in total. The molecule has 104 valence electrons. The minimum Gasteiger partial charge on any atom is -0.356 e. The van der Waals surface area contributed by atoms with Gasteiger partial charge in [-0.15, -0.1) is 0 Å². The highest BCUT2D eigenvalue weighted by Gasteiger charge is 2.33. The van der Waals surface area contributed by atoms with Crippen molar-refractivity contribution in [2.75, 3.05) is 31.1 Å². The Morgan fingerprint density at radius 2 is 2.17 bits per heavy atom. The average molecular weight is 274 g/mol. The number of nitrogens with one attached hydrogen (secondary N) is 2. The van der Waals surface area contributed by atoms with E-state index in [1.807, 2.05) is 0 Å². The van der Waals surface area contributed by atoms with E-state index in [4.69, 9.17) is 0 Å². The van der Waals surface area contributed by atoms with E-state index in [0.717, 1.165) is 19.5 Å². The lowest BCUT2D eigenvalue weighted by Crippen LogP contribution is -2.42. The summed E-state index contributed by atoms with van der Waals surface area (Å²) in [5, 5.41) is 6.26. The van der Waals surface area contributed by atoms with Gasteiger partial charge in [0.1, 0.15) is 0 Å². The van der Waals surface area contributed by atoms with Gasteiger partial charge < -0.3 is 10.6 Å². The summed E-state index contributed by atoms with van der Waals surface area (Å²) < 4.78 is 22.6. The van der Waals surface area contributed by atoms with E-state index in [2.05, 4.69) is 17.6 Å². The second kappa shape index (κ2) is 5.57. The lowest BCUT2D eigenvalue weighted by atomic mass is 9.88. The zero-order valence-corrected chi connectivity index (χ0v) is 11.6. The van der Waals surface area contributed by atoms with Gasteiger partial charge in [-0.2, -0.15) is 0 Å². The number of carbonyl (C=O) groups is 1. The van der Waals surface area contributed by atoms with Gasteiger partial charge in [0.15, 0.2) is 9.84 Å². The molecule has 2 heterocycles. The quantitative estimate of drug-likeness (QED) is 0.746. The molecule has 1 amide bonds. The van der Waals surface area contributed by atoms with Crippen molar-refractivity contribution in [2.24, 2.45) is 17.8 Å². The summed E-state index contributed by atoms with van der Waals surface area (Å²) in [5.41, 5.74) is 0. The third kappa shape index (κ3) is 3.45. The van der Waals surface area contributed by atoms with Crippen LogP contribution in [0.15, 0.2) is 0 Å². The van der Waals surface area contributed by atoms with Gasteiger partial charge in [-0.3, -0.25) is 4.79 Å². The lowest BCUT2D eigenvalue weighted by Gasteiger charge is -2.29. The van der Waals surface area contributed by atoms with Crippen LogP contribution in [0.25, 0.3) is 0 Å². The topological polar surface area (TPSA) is 75.3 Å². The van der Waals surface area contributed by atoms with Gasteiger partial charge in [0.2, 0.25) is 5.91 Å². The van der Waals surface area contributed by atoms with Gasteiger partial charge in [0.05, 0.1) is 17.4 Å².